The van der Waals surface area contributed by atoms with Gasteiger partial charge in [0.2, 0.25) is 0 Å². The fourth-order valence-electron chi connectivity index (χ4n) is 7.80. The SMILES string of the molecule is c1cc(-n2c3ccccc3c3c4sc5ccccc5c4ccc32)cc(-n2c3ccccc3c3c4sc5ccccc5c4ccc32)c1. The number of thiophene rings is 2. The Morgan fingerprint density at radius 3 is 1.26 bits per heavy atom. The first-order valence-corrected chi connectivity index (χ1v) is 17.2. The van der Waals surface area contributed by atoms with Crippen molar-refractivity contribution in [3.8, 4) is 11.4 Å². The number of aromatic nitrogens is 2. The Bertz CT molecular complexity index is 2840. The van der Waals surface area contributed by atoms with Crippen molar-refractivity contribution in [2.24, 2.45) is 0 Å². The summed E-state index contributed by atoms with van der Waals surface area (Å²) >= 11 is 3.81. The summed E-state index contributed by atoms with van der Waals surface area (Å²) in [4.78, 5) is 0. The second-order valence-corrected chi connectivity index (χ2v) is 14.2. The Morgan fingerprint density at radius 1 is 0.326 bits per heavy atom. The molecular weight excluding hydrogens is 597 g/mol. The Labute approximate surface area is 271 Å². The highest BCUT2D eigenvalue weighted by atomic mass is 32.1. The number of fused-ring (bicyclic) bond motifs is 14. The smallest absolute Gasteiger partial charge is 0.0555 e. The molecule has 0 spiro atoms. The minimum absolute atomic E-state index is 1.16. The van der Waals surface area contributed by atoms with E-state index in [1.165, 1.54) is 84.0 Å². The summed E-state index contributed by atoms with van der Waals surface area (Å²) in [6.07, 6.45) is 0. The van der Waals surface area contributed by atoms with Gasteiger partial charge >= 0.3 is 0 Å². The largest absolute Gasteiger partial charge is 0.309 e. The molecule has 0 aliphatic carbocycles. The van der Waals surface area contributed by atoms with E-state index in [1.807, 2.05) is 22.7 Å². The van der Waals surface area contributed by atoms with Gasteiger partial charge in [-0.25, -0.2) is 0 Å². The van der Waals surface area contributed by atoms with E-state index < -0.39 is 0 Å². The van der Waals surface area contributed by atoms with Crippen LogP contribution in [0, 0.1) is 0 Å². The van der Waals surface area contributed by atoms with Crippen LogP contribution in [0.2, 0.25) is 0 Å². The molecule has 0 saturated carbocycles. The summed E-state index contributed by atoms with van der Waals surface area (Å²) in [7, 11) is 0. The van der Waals surface area contributed by atoms with Gasteiger partial charge in [0, 0.05) is 73.3 Å². The Balaban J connectivity index is 1.21. The van der Waals surface area contributed by atoms with Crippen LogP contribution in [0.4, 0.5) is 0 Å². The van der Waals surface area contributed by atoms with Crippen LogP contribution in [0.1, 0.15) is 0 Å². The lowest BCUT2D eigenvalue weighted by Crippen LogP contribution is -1.98. The molecule has 4 aromatic heterocycles. The average Bonchev–Trinajstić information content (AvgIpc) is 3.85. The number of nitrogens with zero attached hydrogens (tertiary/aromatic N) is 2. The summed E-state index contributed by atoms with van der Waals surface area (Å²) in [5.41, 5.74) is 7.27. The monoisotopic (exact) mass is 620 g/mol. The van der Waals surface area contributed by atoms with Gasteiger partial charge < -0.3 is 9.13 Å². The molecule has 0 aliphatic rings. The molecule has 0 bridgehead atoms. The highest BCUT2D eigenvalue weighted by molar-refractivity contribution is 7.27. The minimum atomic E-state index is 1.16. The van der Waals surface area contributed by atoms with E-state index in [4.69, 9.17) is 0 Å². The number of rotatable bonds is 2. The van der Waals surface area contributed by atoms with E-state index in [9.17, 15) is 0 Å². The van der Waals surface area contributed by atoms with E-state index in [0.29, 0.717) is 0 Å². The molecule has 0 unspecified atom stereocenters. The Kier molecular flexibility index (Phi) is 4.90. The minimum Gasteiger partial charge on any atom is -0.309 e. The van der Waals surface area contributed by atoms with Crippen LogP contribution in [-0.2, 0) is 0 Å². The second kappa shape index (κ2) is 9.07. The third-order valence-electron chi connectivity index (χ3n) is 9.71. The topological polar surface area (TPSA) is 9.86 Å². The predicted octanol–water partition coefficient (Wildman–Crippen LogP) is 12.6. The van der Waals surface area contributed by atoms with Crippen LogP contribution in [0.3, 0.4) is 0 Å². The predicted molar refractivity (Wildman–Crippen MR) is 201 cm³/mol. The van der Waals surface area contributed by atoms with Crippen molar-refractivity contribution in [2.45, 2.75) is 0 Å². The number of benzene rings is 7. The molecular formula is C42H24N2S2. The molecule has 4 heterocycles. The maximum atomic E-state index is 2.45. The van der Waals surface area contributed by atoms with E-state index in [2.05, 4.69) is 155 Å². The maximum Gasteiger partial charge on any atom is 0.0555 e. The van der Waals surface area contributed by atoms with Crippen molar-refractivity contribution >= 4 is 107 Å². The molecule has 0 fully saturated rings. The van der Waals surface area contributed by atoms with Gasteiger partial charge in [0.1, 0.15) is 0 Å². The lowest BCUT2D eigenvalue weighted by atomic mass is 10.1. The van der Waals surface area contributed by atoms with Crippen molar-refractivity contribution in [2.75, 3.05) is 0 Å². The van der Waals surface area contributed by atoms with Gasteiger partial charge in [-0.1, -0.05) is 91.0 Å². The van der Waals surface area contributed by atoms with Gasteiger partial charge in [-0.15, -0.1) is 22.7 Å². The van der Waals surface area contributed by atoms with Gasteiger partial charge in [0.15, 0.2) is 0 Å². The van der Waals surface area contributed by atoms with Crippen LogP contribution in [-0.4, -0.2) is 9.13 Å². The highest BCUT2D eigenvalue weighted by Crippen LogP contribution is 2.45. The van der Waals surface area contributed by atoms with Gasteiger partial charge in [-0.05, 0) is 54.6 Å². The van der Waals surface area contributed by atoms with Gasteiger partial charge in [-0.2, -0.15) is 0 Å². The van der Waals surface area contributed by atoms with Crippen molar-refractivity contribution in [1.29, 1.82) is 0 Å². The molecule has 2 nitrogen and oxygen atoms in total. The molecule has 0 N–H and O–H groups in total. The van der Waals surface area contributed by atoms with Crippen LogP contribution in [0.15, 0.2) is 146 Å². The van der Waals surface area contributed by atoms with E-state index in [1.54, 1.807) is 0 Å². The molecule has 46 heavy (non-hydrogen) atoms. The number of hydrogen-bond acceptors (Lipinski definition) is 2. The quantitative estimate of drug-likeness (QED) is 0.182. The molecule has 0 amide bonds. The fourth-order valence-corrected chi connectivity index (χ4v) is 10.3. The average molecular weight is 621 g/mol. The van der Waals surface area contributed by atoms with Gasteiger partial charge in [0.25, 0.3) is 0 Å². The first kappa shape index (κ1) is 24.8. The summed E-state index contributed by atoms with van der Waals surface area (Å²) in [5.74, 6) is 0. The van der Waals surface area contributed by atoms with Gasteiger partial charge in [-0.3, -0.25) is 0 Å². The Morgan fingerprint density at radius 2 is 0.761 bits per heavy atom. The summed E-state index contributed by atoms with van der Waals surface area (Å²) in [6.45, 7) is 0. The van der Waals surface area contributed by atoms with E-state index in [-0.39, 0.29) is 0 Å². The van der Waals surface area contributed by atoms with Crippen molar-refractivity contribution < 1.29 is 0 Å². The zero-order chi connectivity index (χ0) is 29.9. The first-order valence-electron chi connectivity index (χ1n) is 15.6. The molecule has 0 atom stereocenters. The third-order valence-corrected chi connectivity index (χ3v) is 12.1. The van der Waals surface area contributed by atoms with Crippen LogP contribution < -0.4 is 0 Å². The molecule has 0 aliphatic heterocycles. The van der Waals surface area contributed by atoms with Crippen molar-refractivity contribution in [3.05, 3.63) is 146 Å². The molecule has 11 rings (SSSR count). The summed E-state index contributed by atoms with van der Waals surface area (Å²) in [5, 5.41) is 10.6. The van der Waals surface area contributed by atoms with Crippen molar-refractivity contribution in [1.82, 2.24) is 9.13 Å². The maximum absolute atomic E-state index is 2.45. The summed E-state index contributed by atoms with van der Waals surface area (Å²) in [6, 6.07) is 53.7. The van der Waals surface area contributed by atoms with Gasteiger partial charge in [0.05, 0.1) is 22.1 Å². The zero-order valence-corrected chi connectivity index (χ0v) is 26.2. The molecule has 0 radical (unpaired) electrons. The molecule has 11 aromatic rings. The number of hydrogen-bond donors (Lipinski definition) is 0. The highest BCUT2D eigenvalue weighted by Gasteiger charge is 2.20. The molecule has 0 saturated heterocycles. The van der Waals surface area contributed by atoms with Crippen LogP contribution >= 0.6 is 22.7 Å². The third kappa shape index (κ3) is 3.20. The fraction of sp³-hybridized carbons (Fsp3) is 0. The van der Waals surface area contributed by atoms with Crippen LogP contribution in [0.5, 0.6) is 0 Å². The standard InChI is InChI=1S/C42H24N2S2/c1-5-16-33-31(14-1)39-35(22-20-29-27-12-3-7-18-37(27)45-41(29)39)43(33)25-10-9-11-26(24-25)44-34-17-6-2-15-32(34)40-36(44)23-21-30-28-13-4-8-19-38(28)46-42(30)40/h1-24H. The zero-order valence-electron chi connectivity index (χ0n) is 24.6. The summed E-state index contributed by atoms with van der Waals surface area (Å²) < 4.78 is 10.3. The Hall–Kier alpha value is -5.42. The van der Waals surface area contributed by atoms with Crippen molar-refractivity contribution in [3.63, 3.8) is 0 Å². The molecule has 7 aromatic carbocycles. The second-order valence-electron chi connectivity index (χ2n) is 12.1. The lowest BCUT2D eigenvalue weighted by molar-refractivity contribution is 1.13. The first-order chi connectivity index (χ1) is 22.8. The molecule has 4 heteroatoms. The molecule has 214 valence electrons. The van der Waals surface area contributed by atoms with E-state index in [0.717, 1.165) is 11.4 Å². The lowest BCUT2D eigenvalue weighted by Gasteiger charge is -2.13. The van der Waals surface area contributed by atoms with Crippen LogP contribution in [0.25, 0.3) is 95.3 Å². The normalized spacial score (nSPS) is 12.3. The van der Waals surface area contributed by atoms with E-state index >= 15 is 0 Å². The number of para-hydroxylation sites is 2.